The van der Waals surface area contributed by atoms with Gasteiger partial charge in [-0.1, -0.05) is 6.42 Å². The summed E-state index contributed by atoms with van der Waals surface area (Å²) in [6.07, 6.45) is 4.06. The van der Waals surface area contributed by atoms with Crippen LogP contribution < -0.4 is 0 Å². The average molecular weight is 404 g/mol. The van der Waals surface area contributed by atoms with E-state index in [9.17, 15) is 0 Å². The van der Waals surface area contributed by atoms with Gasteiger partial charge in [0.2, 0.25) is 0 Å². The van der Waals surface area contributed by atoms with Crippen LogP contribution in [0.25, 0.3) is 11.0 Å². The highest BCUT2D eigenvalue weighted by molar-refractivity contribution is 14.1. The maximum absolute atomic E-state index is 6.07. The SMILES string of the molecule is ClCc1nc2cc(I)ccc2n1CCN1CCCCC1. The van der Waals surface area contributed by atoms with E-state index in [0.717, 1.165) is 24.4 Å². The number of fused-ring (bicyclic) bond motifs is 1. The minimum Gasteiger partial charge on any atom is -0.326 e. The number of likely N-dealkylation sites (tertiary alicyclic amines) is 1. The first-order chi connectivity index (χ1) is 9.78. The number of rotatable bonds is 4. The van der Waals surface area contributed by atoms with Gasteiger partial charge in [-0.15, -0.1) is 11.6 Å². The first-order valence-electron chi connectivity index (χ1n) is 7.21. The number of alkyl halides is 1. The Hall–Kier alpha value is -0.330. The first kappa shape index (κ1) is 14.6. The van der Waals surface area contributed by atoms with E-state index < -0.39 is 0 Å². The number of imidazole rings is 1. The summed E-state index contributed by atoms with van der Waals surface area (Å²) < 4.78 is 3.50. The van der Waals surface area contributed by atoms with Gasteiger partial charge in [0.25, 0.3) is 0 Å². The minimum absolute atomic E-state index is 0.477. The highest BCUT2D eigenvalue weighted by Gasteiger charge is 2.13. The van der Waals surface area contributed by atoms with Gasteiger partial charge in [0.15, 0.2) is 0 Å². The lowest BCUT2D eigenvalue weighted by atomic mass is 10.1. The van der Waals surface area contributed by atoms with Crippen molar-refractivity contribution in [2.75, 3.05) is 19.6 Å². The second-order valence-electron chi connectivity index (χ2n) is 5.35. The van der Waals surface area contributed by atoms with Crippen molar-refractivity contribution < 1.29 is 0 Å². The lowest BCUT2D eigenvalue weighted by Gasteiger charge is -2.26. The molecule has 1 aliphatic heterocycles. The summed E-state index contributed by atoms with van der Waals surface area (Å²) in [6, 6.07) is 6.43. The van der Waals surface area contributed by atoms with Crippen molar-refractivity contribution in [1.29, 1.82) is 0 Å². The largest absolute Gasteiger partial charge is 0.326 e. The molecule has 1 aliphatic rings. The molecule has 5 heteroatoms. The Morgan fingerprint density at radius 3 is 2.70 bits per heavy atom. The van der Waals surface area contributed by atoms with Gasteiger partial charge in [-0.2, -0.15) is 0 Å². The van der Waals surface area contributed by atoms with Crippen LogP contribution in [-0.4, -0.2) is 34.1 Å². The number of hydrogen-bond donors (Lipinski definition) is 0. The Balaban J connectivity index is 1.81. The maximum atomic E-state index is 6.07. The molecule has 3 nitrogen and oxygen atoms in total. The van der Waals surface area contributed by atoms with Gasteiger partial charge in [0.1, 0.15) is 5.82 Å². The van der Waals surface area contributed by atoms with Gasteiger partial charge < -0.3 is 9.47 Å². The molecule has 1 saturated heterocycles. The predicted molar refractivity (Wildman–Crippen MR) is 92.3 cm³/mol. The van der Waals surface area contributed by atoms with E-state index in [2.05, 4.69) is 55.2 Å². The normalized spacial score (nSPS) is 16.9. The molecular weight excluding hydrogens is 385 g/mol. The molecule has 0 N–H and O–H groups in total. The Labute approximate surface area is 138 Å². The molecule has 2 heterocycles. The van der Waals surface area contributed by atoms with E-state index in [1.165, 1.54) is 41.4 Å². The molecular formula is C15H19ClIN3. The van der Waals surface area contributed by atoms with Crippen molar-refractivity contribution in [3.63, 3.8) is 0 Å². The topological polar surface area (TPSA) is 21.1 Å². The van der Waals surface area contributed by atoms with Crippen LogP contribution in [0.5, 0.6) is 0 Å². The summed E-state index contributed by atoms with van der Waals surface area (Å²) >= 11 is 8.39. The van der Waals surface area contributed by atoms with Gasteiger partial charge in [0.05, 0.1) is 16.9 Å². The van der Waals surface area contributed by atoms with Crippen LogP contribution in [0.2, 0.25) is 0 Å². The van der Waals surface area contributed by atoms with Crippen molar-refractivity contribution in [1.82, 2.24) is 14.5 Å². The van der Waals surface area contributed by atoms with E-state index in [1.807, 2.05) is 0 Å². The third kappa shape index (κ3) is 3.12. The summed E-state index contributed by atoms with van der Waals surface area (Å²) in [7, 11) is 0. The Bertz CT molecular complexity index is 590. The fourth-order valence-corrected chi connectivity index (χ4v) is 3.61. The highest BCUT2D eigenvalue weighted by atomic mass is 127. The molecule has 108 valence electrons. The summed E-state index contributed by atoms with van der Waals surface area (Å²) in [5.74, 6) is 1.46. The van der Waals surface area contributed by atoms with Crippen molar-refractivity contribution in [3.05, 3.63) is 27.6 Å². The Kier molecular flexibility index (Phi) is 4.83. The zero-order valence-electron chi connectivity index (χ0n) is 11.5. The molecule has 20 heavy (non-hydrogen) atoms. The van der Waals surface area contributed by atoms with Gasteiger partial charge >= 0.3 is 0 Å². The maximum Gasteiger partial charge on any atom is 0.124 e. The third-order valence-corrected chi connectivity index (χ3v) is 4.91. The van der Waals surface area contributed by atoms with Crippen molar-refractivity contribution in [2.45, 2.75) is 31.7 Å². The molecule has 0 saturated carbocycles. The molecule has 0 amide bonds. The van der Waals surface area contributed by atoms with Crippen LogP contribution in [0.3, 0.4) is 0 Å². The molecule has 2 aromatic rings. The van der Waals surface area contributed by atoms with Crippen LogP contribution in [0.4, 0.5) is 0 Å². The zero-order valence-corrected chi connectivity index (χ0v) is 14.4. The standard InChI is InChI=1S/C15H19ClIN3/c16-11-15-18-13-10-12(17)4-5-14(13)20(15)9-8-19-6-2-1-3-7-19/h4-5,10H,1-3,6-9,11H2. The second kappa shape index (κ2) is 6.62. The lowest BCUT2D eigenvalue weighted by molar-refractivity contribution is 0.221. The molecule has 0 bridgehead atoms. The van der Waals surface area contributed by atoms with Crippen LogP contribution >= 0.6 is 34.2 Å². The first-order valence-corrected chi connectivity index (χ1v) is 8.82. The summed E-state index contributed by atoms with van der Waals surface area (Å²) in [5.41, 5.74) is 2.27. The number of hydrogen-bond acceptors (Lipinski definition) is 2. The number of nitrogens with zero attached hydrogens (tertiary/aromatic N) is 3. The van der Waals surface area contributed by atoms with E-state index in [0.29, 0.717) is 5.88 Å². The van der Waals surface area contributed by atoms with Gasteiger partial charge in [-0.25, -0.2) is 4.98 Å². The summed E-state index contributed by atoms with van der Waals surface area (Å²) in [5, 5.41) is 0. The molecule has 1 aromatic carbocycles. The van der Waals surface area contributed by atoms with Crippen LogP contribution in [0, 0.1) is 3.57 Å². The van der Waals surface area contributed by atoms with Crippen molar-refractivity contribution in [2.24, 2.45) is 0 Å². The van der Waals surface area contributed by atoms with E-state index in [4.69, 9.17) is 11.6 Å². The van der Waals surface area contributed by atoms with E-state index in [-0.39, 0.29) is 0 Å². The number of aromatic nitrogens is 2. The third-order valence-electron chi connectivity index (χ3n) is 4.00. The lowest BCUT2D eigenvalue weighted by Crippen LogP contribution is -2.32. The average Bonchev–Trinajstić information content (AvgIpc) is 2.83. The fraction of sp³-hybridized carbons (Fsp3) is 0.533. The van der Waals surface area contributed by atoms with Crippen LogP contribution in [0.15, 0.2) is 18.2 Å². The van der Waals surface area contributed by atoms with Gasteiger partial charge in [0, 0.05) is 16.7 Å². The molecule has 0 spiro atoms. The quantitative estimate of drug-likeness (QED) is 0.571. The fourth-order valence-electron chi connectivity index (χ4n) is 2.93. The van der Waals surface area contributed by atoms with Gasteiger partial charge in [-0.3, -0.25) is 0 Å². The van der Waals surface area contributed by atoms with E-state index >= 15 is 0 Å². The summed E-state index contributed by atoms with van der Waals surface area (Å²) in [6.45, 7) is 4.56. The molecule has 3 rings (SSSR count). The predicted octanol–water partition coefficient (Wildman–Crippen LogP) is 3.87. The van der Waals surface area contributed by atoms with Crippen molar-refractivity contribution in [3.8, 4) is 0 Å². The molecule has 1 fully saturated rings. The number of halogens is 2. The molecule has 0 atom stereocenters. The Morgan fingerprint density at radius 2 is 1.95 bits per heavy atom. The zero-order chi connectivity index (χ0) is 13.9. The van der Waals surface area contributed by atoms with E-state index in [1.54, 1.807) is 0 Å². The van der Waals surface area contributed by atoms with Crippen molar-refractivity contribution >= 4 is 45.2 Å². The second-order valence-corrected chi connectivity index (χ2v) is 6.86. The highest BCUT2D eigenvalue weighted by Crippen LogP contribution is 2.20. The molecule has 0 radical (unpaired) electrons. The molecule has 1 aromatic heterocycles. The minimum atomic E-state index is 0.477. The van der Waals surface area contributed by atoms with Crippen LogP contribution in [-0.2, 0) is 12.4 Å². The molecule has 0 aliphatic carbocycles. The Morgan fingerprint density at radius 1 is 1.15 bits per heavy atom. The number of benzene rings is 1. The summed E-state index contributed by atoms with van der Waals surface area (Å²) in [4.78, 5) is 7.22. The monoisotopic (exact) mass is 403 g/mol. The number of piperidine rings is 1. The van der Waals surface area contributed by atoms with Gasteiger partial charge in [-0.05, 0) is 66.7 Å². The molecule has 0 unspecified atom stereocenters. The smallest absolute Gasteiger partial charge is 0.124 e. The van der Waals surface area contributed by atoms with Crippen LogP contribution in [0.1, 0.15) is 25.1 Å².